The average Bonchev–Trinajstić information content (AvgIpc) is 3.41. The predicted octanol–water partition coefficient (Wildman–Crippen LogP) is 4.74. The number of carbonyl (C=O) groups excluding carboxylic acids is 1. The van der Waals surface area contributed by atoms with Crippen LogP contribution in [0.15, 0.2) is 53.6 Å². The van der Waals surface area contributed by atoms with Crippen LogP contribution in [0.1, 0.15) is 26.5 Å². The van der Waals surface area contributed by atoms with E-state index in [-0.39, 0.29) is 22.7 Å². The van der Waals surface area contributed by atoms with Crippen LogP contribution >= 0.6 is 0 Å². The smallest absolute Gasteiger partial charge is 0.324 e. The molecule has 3 heterocycles. The van der Waals surface area contributed by atoms with Gasteiger partial charge in [0, 0.05) is 30.7 Å². The van der Waals surface area contributed by atoms with E-state index in [4.69, 9.17) is 9.26 Å². The quantitative estimate of drug-likeness (QED) is 0.450. The first-order chi connectivity index (χ1) is 15.7. The van der Waals surface area contributed by atoms with E-state index in [0.717, 1.165) is 11.8 Å². The fourth-order valence-corrected chi connectivity index (χ4v) is 2.89. The van der Waals surface area contributed by atoms with E-state index in [1.807, 2.05) is 20.8 Å². The SMILES string of the molecule is Cn1nc(C(C)(C)C)cc1NC(=O)Nc1ccc(Oc2cc(-c3cnoc3)ncn2)cc1F. The summed E-state index contributed by atoms with van der Waals surface area (Å²) in [5, 5.41) is 13.2. The van der Waals surface area contributed by atoms with Crippen molar-refractivity contribution in [2.24, 2.45) is 7.05 Å². The maximum absolute atomic E-state index is 14.6. The van der Waals surface area contributed by atoms with Crippen LogP contribution in [0, 0.1) is 5.82 Å². The largest absolute Gasteiger partial charge is 0.439 e. The summed E-state index contributed by atoms with van der Waals surface area (Å²) >= 11 is 0. The molecule has 11 heteroatoms. The van der Waals surface area contributed by atoms with Gasteiger partial charge in [-0.1, -0.05) is 25.9 Å². The fraction of sp³-hybridized carbons (Fsp3) is 0.227. The van der Waals surface area contributed by atoms with Crippen molar-refractivity contribution in [1.82, 2.24) is 24.9 Å². The topological polar surface area (TPSA) is 120 Å². The van der Waals surface area contributed by atoms with Crippen LogP contribution in [0.2, 0.25) is 0 Å². The number of benzene rings is 1. The Morgan fingerprint density at radius 3 is 2.64 bits per heavy atom. The third kappa shape index (κ3) is 5.14. The summed E-state index contributed by atoms with van der Waals surface area (Å²) < 4.78 is 26.6. The number of nitrogens with one attached hydrogen (secondary N) is 2. The molecule has 0 aliphatic rings. The first-order valence-corrected chi connectivity index (χ1v) is 10.0. The Hall–Kier alpha value is -4.28. The summed E-state index contributed by atoms with van der Waals surface area (Å²) in [6.45, 7) is 6.07. The molecule has 0 fully saturated rings. The maximum Gasteiger partial charge on any atom is 0.324 e. The molecule has 4 aromatic rings. The minimum atomic E-state index is -0.670. The van der Waals surface area contributed by atoms with Crippen LogP contribution in [0.25, 0.3) is 11.3 Å². The number of nitrogens with zero attached hydrogens (tertiary/aromatic N) is 5. The van der Waals surface area contributed by atoms with E-state index in [0.29, 0.717) is 17.1 Å². The van der Waals surface area contributed by atoms with Gasteiger partial charge in [-0.15, -0.1) is 0 Å². The van der Waals surface area contributed by atoms with Crippen molar-refractivity contribution < 1.29 is 18.4 Å². The van der Waals surface area contributed by atoms with Crippen LogP contribution in [-0.4, -0.2) is 30.9 Å². The van der Waals surface area contributed by atoms with Crippen molar-refractivity contribution >= 4 is 17.5 Å². The zero-order valence-electron chi connectivity index (χ0n) is 18.5. The molecule has 0 saturated heterocycles. The Balaban J connectivity index is 1.42. The zero-order valence-corrected chi connectivity index (χ0v) is 18.5. The number of rotatable bonds is 5. The molecule has 1 aromatic carbocycles. The summed E-state index contributed by atoms with van der Waals surface area (Å²) in [4.78, 5) is 20.5. The molecule has 0 spiro atoms. The van der Waals surface area contributed by atoms with Gasteiger partial charge in [0.2, 0.25) is 5.88 Å². The van der Waals surface area contributed by atoms with Gasteiger partial charge in [0.25, 0.3) is 0 Å². The first-order valence-electron chi connectivity index (χ1n) is 10.0. The molecule has 10 nitrogen and oxygen atoms in total. The molecule has 0 aliphatic heterocycles. The van der Waals surface area contributed by atoms with E-state index in [1.54, 1.807) is 23.9 Å². The third-order valence-electron chi connectivity index (χ3n) is 4.67. The lowest BCUT2D eigenvalue weighted by atomic mass is 9.92. The highest BCUT2D eigenvalue weighted by Gasteiger charge is 2.20. The normalized spacial score (nSPS) is 11.3. The van der Waals surface area contributed by atoms with Crippen LogP contribution in [0.4, 0.5) is 20.7 Å². The van der Waals surface area contributed by atoms with Gasteiger partial charge in [-0.05, 0) is 12.1 Å². The number of urea groups is 1. The highest BCUT2D eigenvalue weighted by molar-refractivity contribution is 5.99. The zero-order chi connectivity index (χ0) is 23.6. The number of aryl methyl sites for hydroxylation is 1. The van der Waals surface area contributed by atoms with Crippen LogP contribution in [0.3, 0.4) is 0 Å². The van der Waals surface area contributed by atoms with Gasteiger partial charge >= 0.3 is 6.03 Å². The molecule has 4 rings (SSSR count). The number of halogens is 1. The number of ether oxygens (including phenoxy) is 1. The fourth-order valence-electron chi connectivity index (χ4n) is 2.89. The number of amides is 2. The lowest BCUT2D eigenvalue weighted by Gasteiger charge is -2.13. The molecule has 0 saturated carbocycles. The van der Waals surface area contributed by atoms with Crippen molar-refractivity contribution in [2.75, 3.05) is 10.6 Å². The minimum absolute atomic E-state index is 0.00842. The maximum atomic E-state index is 14.6. The van der Waals surface area contributed by atoms with Crippen molar-refractivity contribution in [1.29, 1.82) is 0 Å². The summed E-state index contributed by atoms with van der Waals surface area (Å²) in [5.41, 5.74) is 1.84. The number of anilines is 2. The van der Waals surface area contributed by atoms with Gasteiger partial charge < -0.3 is 14.6 Å². The van der Waals surface area contributed by atoms with Gasteiger partial charge in [-0.2, -0.15) is 5.10 Å². The molecule has 170 valence electrons. The third-order valence-corrected chi connectivity index (χ3v) is 4.67. The standard InChI is InChI=1S/C22H22FN7O3/c1-22(2,3)18-9-19(30(4)29-18)28-21(31)27-16-6-5-14(7-15(16)23)33-20-8-17(24-12-25-20)13-10-26-32-11-13/h5-12H,1-4H3,(H2,27,28,31). The Labute approximate surface area is 188 Å². The number of carbonyl (C=O) groups is 1. The average molecular weight is 451 g/mol. The van der Waals surface area contributed by atoms with Crippen LogP contribution in [-0.2, 0) is 12.5 Å². The molecule has 2 N–H and O–H groups in total. The van der Waals surface area contributed by atoms with Gasteiger partial charge in [0.1, 0.15) is 30.0 Å². The second-order valence-corrected chi connectivity index (χ2v) is 8.27. The van der Waals surface area contributed by atoms with Crippen molar-refractivity contribution in [2.45, 2.75) is 26.2 Å². The Kier molecular flexibility index (Phi) is 5.78. The lowest BCUT2D eigenvalue weighted by Crippen LogP contribution is -2.21. The molecular weight excluding hydrogens is 429 g/mol. The van der Waals surface area contributed by atoms with Crippen LogP contribution in [0.5, 0.6) is 11.6 Å². The van der Waals surface area contributed by atoms with Gasteiger partial charge in [-0.3, -0.25) is 10.00 Å². The molecule has 33 heavy (non-hydrogen) atoms. The van der Waals surface area contributed by atoms with Crippen LogP contribution < -0.4 is 15.4 Å². The Bertz CT molecular complexity index is 1280. The molecule has 0 unspecified atom stereocenters. The van der Waals surface area contributed by atoms with E-state index < -0.39 is 11.8 Å². The number of hydrogen-bond donors (Lipinski definition) is 2. The molecule has 2 amide bonds. The summed E-state index contributed by atoms with van der Waals surface area (Å²) in [6.07, 6.45) is 4.26. The molecular formula is C22H22FN7O3. The summed E-state index contributed by atoms with van der Waals surface area (Å²) in [7, 11) is 1.72. The molecule has 0 aliphatic carbocycles. The van der Waals surface area contributed by atoms with E-state index in [1.165, 1.54) is 30.9 Å². The highest BCUT2D eigenvalue weighted by atomic mass is 19.1. The molecule has 3 aromatic heterocycles. The van der Waals surface area contributed by atoms with Gasteiger partial charge in [-0.25, -0.2) is 19.2 Å². The Morgan fingerprint density at radius 2 is 1.97 bits per heavy atom. The number of hydrogen-bond acceptors (Lipinski definition) is 7. The monoisotopic (exact) mass is 451 g/mol. The molecule has 0 bridgehead atoms. The van der Waals surface area contributed by atoms with Crippen molar-refractivity contribution in [3.8, 4) is 22.9 Å². The summed E-state index contributed by atoms with van der Waals surface area (Å²) in [6, 6.07) is 6.82. The Morgan fingerprint density at radius 1 is 1.15 bits per heavy atom. The van der Waals surface area contributed by atoms with Crippen molar-refractivity contribution in [3.63, 3.8) is 0 Å². The molecule has 0 radical (unpaired) electrons. The first kappa shape index (κ1) is 21.9. The second-order valence-electron chi connectivity index (χ2n) is 8.27. The highest BCUT2D eigenvalue weighted by Crippen LogP contribution is 2.27. The summed E-state index contributed by atoms with van der Waals surface area (Å²) in [5.74, 6) is 0.237. The van der Waals surface area contributed by atoms with E-state index in [9.17, 15) is 9.18 Å². The lowest BCUT2D eigenvalue weighted by molar-refractivity contribution is 0.262. The van der Waals surface area contributed by atoms with Crippen molar-refractivity contribution in [3.05, 3.63) is 60.6 Å². The predicted molar refractivity (Wildman–Crippen MR) is 119 cm³/mol. The van der Waals surface area contributed by atoms with E-state index >= 15 is 0 Å². The van der Waals surface area contributed by atoms with Gasteiger partial charge in [0.15, 0.2) is 0 Å². The number of aromatic nitrogens is 5. The minimum Gasteiger partial charge on any atom is -0.439 e. The molecule has 0 atom stereocenters. The second kappa shape index (κ2) is 8.69. The van der Waals surface area contributed by atoms with Gasteiger partial charge in [0.05, 0.1) is 28.8 Å². The van der Waals surface area contributed by atoms with E-state index in [2.05, 4.69) is 30.9 Å².